The zero-order chi connectivity index (χ0) is 17.1. The molecule has 0 spiro atoms. The summed E-state index contributed by atoms with van der Waals surface area (Å²) in [5.41, 5.74) is 0.469. The Balaban J connectivity index is 1.81. The third-order valence-electron chi connectivity index (χ3n) is 3.66. The van der Waals surface area contributed by atoms with Crippen LogP contribution in [0.3, 0.4) is 0 Å². The number of aromatic amines is 1. The molecule has 2 aromatic carbocycles. The lowest BCUT2D eigenvalue weighted by atomic mass is 10.1. The van der Waals surface area contributed by atoms with Gasteiger partial charge in [0.15, 0.2) is 0 Å². The van der Waals surface area contributed by atoms with Crippen LogP contribution in [-0.2, 0) is 13.0 Å². The van der Waals surface area contributed by atoms with E-state index in [-0.39, 0.29) is 17.9 Å². The van der Waals surface area contributed by atoms with E-state index in [1.807, 2.05) is 0 Å². The topological polar surface area (TPSA) is 64.1 Å². The van der Waals surface area contributed by atoms with Crippen LogP contribution in [0.5, 0.6) is 5.75 Å². The average Bonchev–Trinajstić information content (AvgIpc) is 2.55. The predicted octanol–water partition coefficient (Wildman–Crippen LogP) is 2.53. The lowest BCUT2D eigenvalue weighted by Gasteiger charge is -2.08. The summed E-state index contributed by atoms with van der Waals surface area (Å²) in [7, 11) is 0. The van der Waals surface area contributed by atoms with Crippen LogP contribution in [0.1, 0.15) is 5.56 Å². The molecule has 1 heterocycles. The van der Waals surface area contributed by atoms with Gasteiger partial charge < -0.3 is 9.72 Å². The molecule has 24 heavy (non-hydrogen) atoms. The zero-order valence-corrected chi connectivity index (χ0v) is 12.5. The lowest BCUT2D eigenvalue weighted by molar-refractivity contribution is -0.0498. The highest BCUT2D eigenvalue weighted by atomic mass is 19.3. The van der Waals surface area contributed by atoms with Crippen molar-refractivity contribution < 1.29 is 13.5 Å². The average molecular weight is 332 g/mol. The van der Waals surface area contributed by atoms with Crippen molar-refractivity contribution in [2.24, 2.45) is 0 Å². The molecular formula is C17H14F2N2O3. The molecule has 0 atom stereocenters. The molecule has 0 amide bonds. The third kappa shape index (κ3) is 3.34. The van der Waals surface area contributed by atoms with Gasteiger partial charge in [0.05, 0.1) is 10.9 Å². The Morgan fingerprint density at radius 1 is 1.04 bits per heavy atom. The molecule has 0 fully saturated rings. The van der Waals surface area contributed by atoms with Crippen molar-refractivity contribution in [3.05, 3.63) is 74.9 Å². The number of fused-ring (bicyclic) bond motifs is 1. The van der Waals surface area contributed by atoms with E-state index in [2.05, 4.69) is 9.72 Å². The number of nitrogens with one attached hydrogen (secondary N) is 1. The number of ether oxygens (including phenoxy) is 1. The highest BCUT2D eigenvalue weighted by Crippen LogP contribution is 2.15. The Kier molecular flexibility index (Phi) is 4.41. The maximum absolute atomic E-state index is 12.4. The SMILES string of the molecule is O=c1[nH]c2ccccc2c(=O)n1CCc1ccc(OC(F)F)cc1. The monoisotopic (exact) mass is 332 g/mol. The fourth-order valence-corrected chi connectivity index (χ4v) is 2.48. The number of halogens is 2. The van der Waals surface area contributed by atoms with E-state index in [9.17, 15) is 18.4 Å². The van der Waals surface area contributed by atoms with Crippen LogP contribution in [0.25, 0.3) is 10.9 Å². The maximum Gasteiger partial charge on any atom is 0.387 e. The number of alkyl halides is 2. The summed E-state index contributed by atoms with van der Waals surface area (Å²) in [5, 5.41) is 0.442. The van der Waals surface area contributed by atoms with Crippen molar-refractivity contribution in [3.8, 4) is 5.75 Å². The van der Waals surface area contributed by atoms with Gasteiger partial charge in [-0.05, 0) is 36.2 Å². The van der Waals surface area contributed by atoms with E-state index in [0.29, 0.717) is 17.3 Å². The molecule has 1 N–H and O–H groups in total. The van der Waals surface area contributed by atoms with Crippen LogP contribution in [0.2, 0.25) is 0 Å². The molecule has 0 aliphatic heterocycles. The van der Waals surface area contributed by atoms with Crippen LogP contribution in [0.4, 0.5) is 8.78 Å². The van der Waals surface area contributed by atoms with Gasteiger partial charge in [-0.2, -0.15) is 8.78 Å². The number of hydrogen-bond donors (Lipinski definition) is 1. The molecule has 5 nitrogen and oxygen atoms in total. The summed E-state index contributed by atoms with van der Waals surface area (Å²) in [6.07, 6.45) is 0.413. The molecular weight excluding hydrogens is 318 g/mol. The van der Waals surface area contributed by atoms with E-state index in [0.717, 1.165) is 10.1 Å². The van der Waals surface area contributed by atoms with Gasteiger partial charge in [-0.3, -0.25) is 9.36 Å². The predicted molar refractivity (Wildman–Crippen MR) is 85.6 cm³/mol. The number of nitrogens with zero attached hydrogens (tertiary/aromatic N) is 1. The smallest absolute Gasteiger partial charge is 0.387 e. The number of aryl methyl sites for hydroxylation is 1. The molecule has 0 unspecified atom stereocenters. The molecule has 0 aliphatic rings. The van der Waals surface area contributed by atoms with Crippen molar-refractivity contribution in [3.63, 3.8) is 0 Å². The van der Waals surface area contributed by atoms with Gasteiger partial charge in [0.25, 0.3) is 5.56 Å². The van der Waals surface area contributed by atoms with Crippen LogP contribution in [0, 0.1) is 0 Å². The second kappa shape index (κ2) is 6.66. The first-order chi connectivity index (χ1) is 11.5. The first-order valence-corrected chi connectivity index (χ1v) is 7.30. The number of para-hydroxylation sites is 1. The van der Waals surface area contributed by atoms with Gasteiger partial charge in [0.2, 0.25) is 0 Å². The lowest BCUT2D eigenvalue weighted by Crippen LogP contribution is -2.35. The summed E-state index contributed by atoms with van der Waals surface area (Å²) in [5.74, 6) is 0.0643. The largest absolute Gasteiger partial charge is 0.435 e. The van der Waals surface area contributed by atoms with E-state index >= 15 is 0 Å². The van der Waals surface area contributed by atoms with Crippen LogP contribution in [-0.4, -0.2) is 16.2 Å². The molecule has 0 aliphatic carbocycles. The molecule has 124 valence electrons. The van der Waals surface area contributed by atoms with Crippen molar-refractivity contribution >= 4 is 10.9 Å². The summed E-state index contributed by atoms with van der Waals surface area (Å²) < 4.78 is 29.6. The Morgan fingerprint density at radius 2 is 1.75 bits per heavy atom. The van der Waals surface area contributed by atoms with E-state index in [1.54, 1.807) is 36.4 Å². The van der Waals surface area contributed by atoms with Crippen LogP contribution < -0.4 is 16.0 Å². The van der Waals surface area contributed by atoms with E-state index in [4.69, 9.17) is 0 Å². The van der Waals surface area contributed by atoms with Gasteiger partial charge in [-0.25, -0.2) is 4.79 Å². The summed E-state index contributed by atoms with van der Waals surface area (Å²) in [4.78, 5) is 27.1. The Labute approximate surface area is 135 Å². The quantitative estimate of drug-likeness (QED) is 0.781. The third-order valence-corrected chi connectivity index (χ3v) is 3.66. The standard InChI is InChI=1S/C17H14F2N2O3/c18-16(19)24-12-7-5-11(6-8-12)9-10-21-15(22)13-3-1-2-4-14(13)20-17(21)23/h1-8,16H,9-10H2,(H,20,23). The molecule has 0 saturated heterocycles. The Hall–Kier alpha value is -2.96. The minimum atomic E-state index is -2.87. The number of aromatic nitrogens is 2. The normalized spacial score (nSPS) is 11.1. The van der Waals surface area contributed by atoms with Crippen molar-refractivity contribution in [2.75, 3.05) is 0 Å². The van der Waals surface area contributed by atoms with Crippen molar-refractivity contribution in [1.29, 1.82) is 0 Å². The van der Waals surface area contributed by atoms with Gasteiger partial charge in [-0.1, -0.05) is 24.3 Å². The number of H-pyrrole nitrogens is 1. The number of benzene rings is 2. The molecule has 0 bridgehead atoms. The van der Waals surface area contributed by atoms with E-state index < -0.39 is 12.3 Å². The van der Waals surface area contributed by atoms with E-state index in [1.165, 1.54) is 12.1 Å². The van der Waals surface area contributed by atoms with Gasteiger partial charge in [0, 0.05) is 6.54 Å². The highest BCUT2D eigenvalue weighted by Gasteiger charge is 2.08. The van der Waals surface area contributed by atoms with Crippen molar-refractivity contribution in [1.82, 2.24) is 9.55 Å². The fraction of sp³-hybridized carbons (Fsp3) is 0.176. The summed E-state index contributed by atoms with van der Waals surface area (Å²) in [6.45, 7) is -2.68. The first kappa shape index (κ1) is 15.9. The Bertz CT molecular complexity index is 962. The summed E-state index contributed by atoms with van der Waals surface area (Å²) in [6, 6.07) is 12.9. The molecule has 0 saturated carbocycles. The van der Waals surface area contributed by atoms with Crippen LogP contribution in [0.15, 0.2) is 58.1 Å². The highest BCUT2D eigenvalue weighted by molar-refractivity contribution is 5.76. The minimum absolute atomic E-state index is 0.0643. The fourth-order valence-electron chi connectivity index (χ4n) is 2.48. The molecule has 1 aromatic heterocycles. The molecule has 7 heteroatoms. The second-order valence-corrected chi connectivity index (χ2v) is 5.20. The maximum atomic E-state index is 12.4. The number of rotatable bonds is 5. The molecule has 3 rings (SSSR count). The molecule has 0 radical (unpaired) electrons. The van der Waals surface area contributed by atoms with Gasteiger partial charge in [-0.15, -0.1) is 0 Å². The van der Waals surface area contributed by atoms with Crippen molar-refractivity contribution in [2.45, 2.75) is 19.6 Å². The van der Waals surface area contributed by atoms with Gasteiger partial charge >= 0.3 is 12.3 Å². The minimum Gasteiger partial charge on any atom is -0.435 e. The number of hydrogen-bond acceptors (Lipinski definition) is 3. The Morgan fingerprint density at radius 3 is 2.46 bits per heavy atom. The molecule has 3 aromatic rings. The zero-order valence-electron chi connectivity index (χ0n) is 12.5. The van der Waals surface area contributed by atoms with Gasteiger partial charge in [0.1, 0.15) is 5.75 Å². The summed E-state index contributed by atoms with van der Waals surface area (Å²) >= 11 is 0. The second-order valence-electron chi connectivity index (χ2n) is 5.20. The first-order valence-electron chi connectivity index (χ1n) is 7.30. The van der Waals surface area contributed by atoms with Crippen LogP contribution >= 0.6 is 0 Å².